The van der Waals surface area contributed by atoms with Crippen molar-refractivity contribution >= 4 is 11.6 Å². The second kappa shape index (κ2) is 7.99. The molecule has 1 amide bonds. The van der Waals surface area contributed by atoms with Crippen LogP contribution in [0, 0.1) is 5.82 Å². The van der Waals surface area contributed by atoms with Crippen LogP contribution in [-0.4, -0.2) is 24.6 Å². The number of para-hydroxylation sites is 2. The van der Waals surface area contributed by atoms with Crippen LogP contribution in [0.15, 0.2) is 48.5 Å². The van der Waals surface area contributed by atoms with Gasteiger partial charge in [-0.1, -0.05) is 37.1 Å². The van der Waals surface area contributed by atoms with Crippen LogP contribution in [-0.2, 0) is 11.3 Å². The molecule has 1 aliphatic carbocycles. The predicted molar refractivity (Wildman–Crippen MR) is 103 cm³/mol. The number of hydrogen-bond donors (Lipinski definition) is 1. The first-order chi connectivity index (χ1) is 13.2. The van der Waals surface area contributed by atoms with E-state index >= 15 is 0 Å². The third kappa shape index (κ3) is 4.24. The Kier molecular flexibility index (Phi) is 5.28. The van der Waals surface area contributed by atoms with Gasteiger partial charge in [-0.2, -0.15) is 0 Å². The van der Waals surface area contributed by atoms with Crippen LogP contribution in [0.25, 0.3) is 0 Å². The summed E-state index contributed by atoms with van der Waals surface area (Å²) in [5.41, 5.74) is 1.99. The van der Waals surface area contributed by atoms with Gasteiger partial charge in [-0.05, 0) is 42.7 Å². The second-order valence-corrected chi connectivity index (χ2v) is 7.44. The van der Waals surface area contributed by atoms with Gasteiger partial charge in [0.2, 0.25) is 5.91 Å². The number of hydrogen-bond acceptors (Lipinski definition) is 3. The van der Waals surface area contributed by atoms with Gasteiger partial charge in [0.15, 0.2) is 0 Å². The number of amides is 1. The lowest BCUT2D eigenvalue weighted by atomic mass is 10.1. The van der Waals surface area contributed by atoms with Crippen LogP contribution in [0.3, 0.4) is 0 Å². The van der Waals surface area contributed by atoms with Crippen molar-refractivity contribution in [2.24, 2.45) is 0 Å². The van der Waals surface area contributed by atoms with Gasteiger partial charge >= 0.3 is 0 Å². The molecular formula is C22H25FN2O2. The fourth-order valence-electron chi connectivity index (χ4n) is 4.03. The summed E-state index contributed by atoms with van der Waals surface area (Å²) >= 11 is 0. The summed E-state index contributed by atoms with van der Waals surface area (Å²) < 4.78 is 19.2. The van der Waals surface area contributed by atoms with Crippen LogP contribution in [0.1, 0.15) is 37.7 Å². The molecule has 1 atom stereocenters. The zero-order chi connectivity index (χ0) is 18.6. The normalized spacial score (nSPS) is 19.4. The SMILES string of the molecule is O=C(CC1COc2ccccc2N1Cc1ccc(F)cc1)NC1CCCC1. The Morgan fingerprint density at radius 1 is 1.11 bits per heavy atom. The number of nitrogens with one attached hydrogen (secondary N) is 1. The highest BCUT2D eigenvalue weighted by Crippen LogP contribution is 2.35. The maximum absolute atomic E-state index is 13.3. The lowest BCUT2D eigenvalue weighted by Gasteiger charge is -2.38. The molecule has 0 spiro atoms. The summed E-state index contributed by atoms with van der Waals surface area (Å²) in [5.74, 6) is 0.666. The molecule has 5 heteroatoms. The van der Waals surface area contributed by atoms with Gasteiger partial charge in [0.1, 0.15) is 18.2 Å². The Hall–Kier alpha value is -2.56. The van der Waals surface area contributed by atoms with E-state index in [1.807, 2.05) is 24.3 Å². The molecule has 1 heterocycles. The highest BCUT2D eigenvalue weighted by atomic mass is 19.1. The average molecular weight is 368 g/mol. The van der Waals surface area contributed by atoms with Gasteiger partial charge in [-0.25, -0.2) is 4.39 Å². The van der Waals surface area contributed by atoms with Gasteiger partial charge in [0.25, 0.3) is 0 Å². The van der Waals surface area contributed by atoms with E-state index in [0.29, 0.717) is 25.6 Å². The summed E-state index contributed by atoms with van der Waals surface area (Å²) in [6, 6.07) is 14.7. The molecule has 1 saturated carbocycles. The standard InChI is InChI=1S/C22H25FN2O2/c23-17-11-9-16(10-12-17)14-25-19(13-22(26)24-18-5-1-2-6-18)15-27-21-8-4-3-7-20(21)25/h3-4,7-12,18-19H,1-2,5-6,13-15H2,(H,24,26). The molecule has 4 rings (SSSR count). The van der Waals surface area contributed by atoms with E-state index in [-0.39, 0.29) is 17.8 Å². The average Bonchev–Trinajstić information content (AvgIpc) is 3.18. The Morgan fingerprint density at radius 2 is 1.85 bits per heavy atom. The Balaban J connectivity index is 1.51. The van der Waals surface area contributed by atoms with E-state index in [4.69, 9.17) is 4.74 Å². The summed E-state index contributed by atoms with van der Waals surface area (Å²) in [7, 11) is 0. The van der Waals surface area contributed by atoms with Gasteiger partial charge in [-0.15, -0.1) is 0 Å². The number of halogens is 1. The van der Waals surface area contributed by atoms with E-state index in [0.717, 1.165) is 29.8 Å². The Bertz CT molecular complexity index is 787. The number of carbonyl (C=O) groups excluding carboxylic acids is 1. The Labute approximate surface area is 159 Å². The number of anilines is 1. The summed E-state index contributed by atoms with van der Waals surface area (Å²) in [6.07, 6.45) is 4.94. The first kappa shape index (κ1) is 17.8. The molecule has 1 fully saturated rings. The van der Waals surface area contributed by atoms with E-state index in [9.17, 15) is 9.18 Å². The maximum atomic E-state index is 13.3. The number of fused-ring (bicyclic) bond motifs is 1. The van der Waals surface area contributed by atoms with E-state index in [2.05, 4.69) is 10.2 Å². The molecule has 0 radical (unpaired) electrons. The first-order valence-electron chi connectivity index (χ1n) is 9.71. The van der Waals surface area contributed by atoms with Crippen molar-refractivity contribution in [1.82, 2.24) is 5.32 Å². The van der Waals surface area contributed by atoms with Gasteiger partial charge in [-0.3, -0.25) is 4.79 Å². The van der Waals surface area contributed by atoms with E-state index in [1.54, 1.807) is 12.1 Å². The van der Waals surface area contributed by atoms with Gasteiger partial charge in [0.05, 0.1) is 18.2 Å². The number of benzene rings is 2. The van der Waals surface area contributed by atoms with Crippen molar-refractivity contribution in [2.75, 3.05) is 11.5 Å². The van der Waals surface area contributed by atoms with Crippen LogP contribution in [0.2, 0.25) is 0 Å². The fraction of sp³-hybridized carbons (Fsp3) is 0.409. The molecular weight excluding hydrogens is 343 g/mol. The van der Waals surface area contributed by atoms with Crippen LogP contribution in [0.4, 0.5) is 10.1 Å². The third-order valence-corrected chi connectivity index (χ3v) is 5.45. The molecule has 1 unspecified atom stereocenters. The summed E-state index contributed by atoms with van der Waals surface area (Å²) in [4.78, 5) is 14.8. The highest BCUT2D eigenvalue weighted by Gasteiger charge is 2.30. The molecule has 2 aromatic rings. The second-order valence-electron chi connectivity index (χ2n) is 7.44. The van der Waals surface area contributed by atoms with Crippen LogP contribution < -0.4 is 15.0 Å². The van der Waals surface area contributed by atoms with Crippen molar-refractivity contribution in [3.05, 3.63) is 59.9 Å². The smallest absolute Gasteiger partial charge is 0.222 e. The van der Waals surface area contributed by atoms with Gasteiger partial charge < -0.3 is 15.0 Å². The van der Waals surface area contributed by atoms with Gasteiger partial charge in [0, 0.05) is 12.6 Å². The number of nitrogens with zero attached hydrogens (tertiary/aromatic N) is 1. The van der Waals surface area contributed by atoms with Crippen molar-refractivity contribution in [3.63, 3.8) is 0 Å². The van der Waals surface area contributed by atoms with Crippen LogP contribution in [0.5, 0.6) is 5.75 Å². The summed E-state index contributed by atoms with van der Waals surface area (Å²) in [6.45, 7) is 1.08. The molecule has 27 heavy (non-hydrogen) atoms. The van der Waals surface area contributed by atoms with E-state index < -0.39 is 0 Å². The number of ether oxygens (including phenoxy) is 1. The molecule has 0 aromatic heterocycles. The molecule has 1 N–H and O–H groups in total. The highest BCUT2D eigenvalue weighted by molar-refractivity contribution is 5.78. The number of carbonyl (C=O) groups is 1. The first-order valence-corrected chi connectivity index (χ1v) is 9.71. The minimum Gasteiger partial charge on any atom is -0.489 e. The van der Waals surface area contributed by atoms with Crippen molar-refractivity contribution < 1.29 is 13.9 Å². The van der Waals surface area contributed by atoms with E-state index in [1.165, 1.54) is 25.0 Å². The molecule has 0 saturated heterocycles. The minimum absolute atomic E-state index is 0.0497. The quantitative estimate of drug-likeness (QED) is 0.866. The minimum atomic E-state index is -0.242. The molecule has 2 aromatic carbocycles. The topological polar surface area (TPSA) is 41.6 Å². The molecule has 2 aliphatic rings. The maximum Gasteiger partial charge on any atom is 0.222 e. The predicted octanol–water partition coefficient (Wildman–Crippen LogP) is 4.04. The third-order valence-electron chi connectivity index (χ3n) is 5.45. The Morgan fingerprint density at radius 3 is 2.63 bits per heavy atom. The summed E-state index contributed by atoms with van der Waals surface area (Å²) in [5, 5.41) is 3.17. The van der Waals surface area contributed by atoms with Crippen molar-refractivity contribution in [2.45, 2.75) is 50.7 Å². The lowest BCUT2D eigenvalue weighted by molar-refractivity contribution is -0.122. The lowest BCUT2D eigenvalue weighted by Crippen LogP contribution is -2.46. The largest absolute Gasteiger partial charge is 0.489 e. The number of rotatable bonds is 5. The molecule has 4 nitrogen and oxygen atoms in total. The van der Waals surface area contributed by atoms with Crippen molar-refractivity contribution in [1.29, 1.82) is 0 Å². The zero-order valence-corrected chi connectivity index (χ0v) is 15.4. The molecule has 0 bridgehead atoms. The van der Waals surface area contributed by atoms with Crippen LogP contribution >= 0.6 is 0 Å². The fourth-order valence-corrected chi connectivity index (χ4v) is 4.03. The molecule has 142 valence electrons. The van der Waals surface area contributed by atoms with Crippen molar-refractivity contribution in [3.8, 4) is 5.75 Å². The zero-order valence-electron chi connectivity index (χ0n) is 15.4. The monoisotopic (exact) mass is 368 g/mol. The molecule has 1 aliphatic heterocycles.